The zero-order chi connectivity index (χ0) is 9.30. The van der Waals surface area contributed by atoms with E-state index in [9.17, 15) is 9.59 Å². The molecule has 1 aliphatic heterocycles. The molecule has 5 nitrogen and oxygen atoms in total. The molecule has 0 saturated carbocycles. The molecule has 1 aliphatic rings. The molecule has 1 saturated heterocycles. The molecule has 0 radical (unpaired) electrons. The Kier molecular flexibility index (Phi) is 2.42. The minimum absolute atomic E-state index is 0.0911. The molecule has 2 atom stereocenters. The Morgan fingerprint density at radius 1 is 1.42 bits per heavy atom. The van der Waals surface area contributed by atoms with E-state index in [1.165, 1.54) is 0 Å². The fourth-order valence-corrected chi connectivity index (χ4v) is 1.55. The van der Waals surface area contributed by atoms with Crippen LogP contribution in [0.2, 0.25) is 0 Å². The SMILES string of the molecule is O=C(O)C1CC(Cl)CN1C(=O)O. The van der Waals surface area contributed by atoms with Crippen LogP contribution in [0.15, 0.2) is 0 Å². The summed E-state index contributed by atoms with van der Waals surface area (Å²) in [6.07, 6.45) is -1.05. The number of hydrogen-bond donors (Lipinski definition) is 2. The minimum Gasteiger partial charge on any atom is -0.480 e. The molecular formula is C6H8ClNO4. The highest BCUT2D eigenvalue weighted by Crippen LogP contribution is 2.21. The van der Waals surface area contributed by atoms with Crippen molar-refractivity contribution in [2.24, 2.45) is 0 Å². The van der Waals surface area contributed by atoms with Crippen LogP contribution < -0.4 is 0 Å². The molecule has 0 bridgehead atoms. The molecule has 68 valence electrons. The van der Waals surface area contributed by atoms with Crippen molar-refractivity contribution in [2.75, 3.05) is 6.54 Å². The van der Waals surface area contributed by atoms with E-state index in [4.69, 9.17) is 21.8 Å². The third kappa shape index (κ3) is 1.61. The average molecular weight is 194 g/mol. The Labute approximate surface area is 73.5 Å². The second-order valence-electron chi connectivity index (χ2n) is 2.62. The second-order valence-corrected chi connectivity index (χ2v) is 3.24. The molecule has 6 heteroatoms. The van der Waals surface area contributed by atoms with E-state index >= 15 is 0 Å². The molecule has 2 unspecified atom stereocenters. The van der Waals surface area contributed by atoms with E-state index in [1.54, 1.807) is 0 Å². The Morgan fingerprint density at radius 3 is 2.33 bits per heavy atom. The molecule has 0 aromatic carbocycles. The first kappa shape index (κ1) is 9.12. The van der Waals surface area contributed by atoms with Crippen LogP contribution in [0.5, 0.6) is 0 Å². The first-order valence-corrected chi connectivity index (χ1v) is 3.82. The molecule has 0 aromatic heterocycles. The second kappa shape index (κ2) is 3.18. The van der Waals surface area contributed by atoms with E-state index in [2.05, 4.69) is 0 Å². The number of amides is 1. The third-order valence-corrected chi connectivity index (χ3v) is 2.10. The fourth-order valence-electron chi connectivity index (χ4n) is 1.23. The third-order valence-electron chi connectivity index (χ3n) is 1.78. The van der Waals surface area contributed by atoms with Gasteiger partial charge in [0.25, 0.3) is 0 Å². The number of aliphatic carboxylic acids is 1. The van der Waals surface area contributed by atoms with Crippen molar-refractivity contribution in [2.45, 2.75) is 17.8 Å². The van der Waals surface area contributed by atoms with Gasteiger partial charge in [-0.15, -0.1) is 11.6 Å². The monoisotopic (exact) mass is 193 g/mol. The summed E-state index contributed by atoms with van der Waals surface area (Å²) in [6.45, 7) is 0.0911. The molecule has 0 spiro atoms. The Bertz CT molecular complexity index is 198. The number of rotatable bonds is 1. The minimum atomic E-state index is -1.23. The first-order chi connectivity index (χ1) is 5.52. The normalized spacial score (nSPS) is 28.9. The summed E-state index contributed by atoms with van der Waals surface area (Å²) in [7, 11) is 0. The summed E-state index contributed by atoms with van der Waals surface area (Å²) in [6, 6.07) is -0.981. The number of carboxylic acid groups (broad SMARTS) is 2. The van der Waals surface area contributed by atoms with Gasteiger partial charge in [-0.1, -0.05) is 0 Å². The number of nitrogens with zero attached hydrogens (tertiary/aromatic N) is 1. The lowest BCUT2D eigenvalue weighted by molar-refractivity contribution is -0.141. The number of carbonyl (C=O) groups is 2. The highest BCUT2D eigenvalue weighted by atomic mass is 35.5. The molecule has 1 amide bonds. The average Bonchev–Trinajstić information content (AvgIpc) is 2.31. The van der Waals surface area contributed by atoms with E-state index < -0.39 is 18.1 Å². The van der Waals surface area contributed by atoms with Gasteiger partial charge in [-0.05, 0) is 6.42 Å². The van der Waals surface area contributed by atoms with Crippen molar-refractivity contribution in [3.63, 3.8) is 0 Å². The van der Waals surface area contributed by atoms with Gasteiger partial charge < -0.3 is 10.2 Å². The predicted molar refractivity (Wildman–Crippen MR) is 40.4 cm³/mol. The maximum absolute atomic E-state index is 10.5. The first-order valence-electron chi connectivity index (χ1n) is 3.39. The van der Waals surface area contributed by atoms with Crippen molar-refractivity contribution >= 4 is 23.7 Å². The summed E-state index contributed by atoms with van der Waals surface area (Å²) >= 11 is 5.62. The van der Waals surface area contributed by atoms with Crippen LogP contribution in [-0.4, -0.2) is 45.1 Å². The summed E-state index contributed by atoms with van der Waals surface area (Å²) in [5.74, 6) is -1.14. The summed E-state index contributed by atoms with van der Waals surface area (Å²) in [5.41, 5.74) is 0. The van der Waals surface area contributed by atoms with Crippen molar-refractivity contribution in [1.29, 1.82) is 0 Å². The number of hydrogen-bond acceptors (Lipinski definition) is 2. The van der Waals surface area contributed by atoms with Gasteiger partial charge in [-0.2, -0.15) is 0 Å². The van der Waals surface area contributed by atoms with Gasteiger partial charge >= 0.3 is 12.1 Å². The Balaban J connectivity index is 2.72. The molecule has 12 heavy (non-hydrogen) atoms. The van der Waals surface area contributed by atoms with Crippen LogP contribution >= 0.6 is 11.6 Å². The van der Waals surface area contributed by atoms with Crippen molar-refractivity contribution < 1.29 is 19.8 Å². The summed E-state index contributed by atoms with van der Waals surface area (Å²) in [5, 5.41) is 16.8. The predicted octanol–water partition coefficient (Wildman–Crippen LogP) is 0.431. The molecule has 1 rings (SSSR count). The van der Waals surface area contributed by atoms with Crippen LogP contribution in [0.3, 0.4) is 0 Å². The maximum Gasteiger partial charge on any atom is 0.408 e. The van der Waals surface area contributed by atoms with Crippen LogP contribution in [0, 0.1) is 0 Å². The van der Waals surface area contributed by atoms with E-state index in [1.807, 2.05) is 0 Å². The number of halogens is 1. The van der Waals surface area contributed by atoms with Gasteiger partial charge in [0.15, 0.2) is 0 Å². The van der Waals surface area contributed by atoms with Gasteiger partial charge in [-0.3, -0.25) is 4.90 Å². The highest BCUT2D eigenvalue weighted by Gasteiger charge is 2.38. The molecular weight excluding hydrogens is 186 g/mol. The summed E-state index contributed by atoms with van der Waals surface area (Å²) in [4.78, 5) is 21.8. The van der Waals surface area contributed by atoms with Crippen molar-refractivity contribution in [3.05, 3.63) is 0 Å². The molecule has 2 N–H and O–H groups in total. The maximum atomic E-state index is 10.5. The van der Waals surface area contributed by atoms with Gasteiger partial charge in [0.05, 0.1) is 5.38 Å². The van der Waals surface area contributed by atoms with Gasteiger partial charge in [-0.25, -0.2) is 9.59 Å². The smallest absolute Gasteiger partial charge is 0.408 e. The van der Waals surface area contributed by atoms with Gasteiger partial charge in [0, 0.05) is 6.54 Å². The van der Waals surface area contributed by atoms with Crippen molar-refractivity contribution in [3.8, 4) is 0 Å². The Morgan fingerprint density at radius 2 is 2.00 bits per heavy atom. The number of likely N-dealkylation sites (tertiary alicyclic amines) is 1. The zero-order valence-corrected chi connectivity index (χ0v) is 6.86. The van der Waals surface area contributed by atoms with E-state index in [-0.39, 0.29) is 18.3 Å². The summed E-state index contributed by atoms with van der Waals surface area (Å²) < 4.78 is 0. The van der Waals surface area contributed by atoms with Gasteiger partial charge in [0.2, 0.25) is 0 Å². The molecule has 1 heterocycles. The van der Waals surface area contributed by atoms with E-state index in [0.717, 1.165) is 4.90 Å². The molecule has 0 aromatic rings. The largest absolute Gasteiger partial charge is 0.480 e. The van der Waals surface area contributed by atoms with E-state index in [0.29, 0.717) is 0 Å². The lowest BCUT2D eigenvalue weighted by Gasteiger charge is -2.16. The highest BCUT2D eigenvalue weighted by molar-refractivity contribution is 6.21. The van der Waals surface area contributed by atoms with Crippen LogP contribution in [0.25, 0.3) is 0 Å². The molecule has 1 fully saturated rings. The number of alkyl halides is 1. The fraction of sp³-hybridized carbons (Fsp3) is 0.667. The van der Waals surface area contributed by atoms with Crippen LogP contribution in [0.1, 0.15) is 6.42 Å². The number of carboxylic acids is 1. The van der Waals surface area contributed by atoms with Gasteiger partial charge in [0.1, 0.15) is 6.04 Å². The topological polar surface area (TPSA) is 77.8 Å². The standard InChI is InChI=1S/C6H8ClNO4/c7-3-1-4(5(9)10)8(2-3)6(11)12/h3-4H,1-2H2,(H,9,10)(H,11,12). The van der Waals surface area contributed by atoms with Crippen LogP contribution in [-0.2, 0) is 4.79 Å². The lowest BCUT2D eigenvalue weighted by Crippen LogP contribution is -2.39. The lowest BCUT2D eigenvalue weighted by atomic mass is 10.2. The van der Waals surface area contributed by atoms with Crippen LogP contribution in [0.4, 0.5) is 4.79 Å². The Hall–Kier alpha value is -0.970. The quantitative estimate of drug-likeness (QED) is 0.592. The zero-order valence-electron chi connectivity index (χ0n) is 6.11. The van der Waals surface area contributed by atoms with Crippen molar-refractivity contribution in [1.82, 2.24) is 4.90 Å². The molecule has 0 aliphatic carbocycles.